The zero-order chi connectivity index (χ0) is 8.27. The summed E-state index contributed by atoms with van der Waals surface area (Å²) in [7, 11) is 0. The van der Waals surface area contributed by atoms with E-state index in [1.54, 1.807) is 0 Å². The average Bonchev–Trinajstić information content (AvgIpc) is 1.98. The van der Waals surface area contributed by atoms with Crippen LogP contribution in [0.5, 0.6) is 0 Å². The smallest absolute Gasteiger partial charge is 0.145 e. The number of nitriles is 1. The van der Waals surface area contributed by atoms with Crippen LogP contribution in [0.4, 0.5) is 4.39 Å². The van der Waals surface area contributed by atoms with Crippen LogP contribution in [-0.2, 0) is 6.42 Å². The topological polar surface area (TPSA) is 36.7 Å². The van der Waals surface area contributed by atoms with Crippen LogP contribution >= 0.6 is 15.9 Å². The summed E-state index contributed by atoms with van der Waals surface area (Å²) in [6.45, 7) is 0. The highest BCUT2D eigenvalue weighted by Gasteiger charge is 2.02. The van der Waals surface area contributed by atoms with E-state index in [4.69, 9.17) is 5.26 Å². The molecule has 0 fully saturated rings. The molecule has 2 nitrogen and oxygen atoms in total. The summed E-state index contributed by atoms with van der Waals surface area (Å²) in [5, 5.41) is 8.26. The lowest BCUT2D eigenvalue weighted by molar-refractivity contribution is 0.604. The van der Waals surface area contributed by atoms with Crippen LogP contribution in [0.3, 0.4) is 0 Å². The Balaban J connectivity index is 3.05. The van der Waals surface area contributed by atoms with Gasteiger partial charge < -0.3 is 0 Å². The molecule has 0 aliphatic rings. The molecule has 4 heteroatoms. The number of hydrogen-bond donors (Lipinski definition) is 0. The zero-order valence-corrected chi connectivity index (χ0v) is 7.10. The van der Waals surface area contributed by atoms with E-state index in [1.165, 1.54) is 12.1 Å². The number of rotatable bonds is 1. The Bertz CT molecular complexity index is 306. The fourth-order valence-electron chi connectivity index (χ4n) is 0.657. The minimum Gasteiger partial charge on any atom is -0.242 e. The second-order valence-electron chi connectivity index (χ2n) is 1.90. The van der Waals surface area contributed by atoms with Crippen LogP contribution in [0.15, 0.2) is 16.7 Å². The lowest BCUT2D eigenvalue weighted by Gasteiger charge is -1.95. The first-order chi connectivity index (χ1) is 5.24. The van der Waals surface area contributed by atoms with Crippen molar-refractivity contribution in [2.75, 3.05) is 0 Å². The molecule has 1 aromatic rings. The molecule has 0 aromatic carbocycles. The molecule has 0 spiro atoms. The number of aromatic nitrogens is 1. The van der Waals surface area contributed by atoms with Crippen LogP contribution in [0, 0.1) is 17.1 Å². The molecule has 1 aromatic heterocycles. The maximum absolute atomic E-state index is 12.7. The zero-order valence-electron chi connectivity index (χ0n) is 5.51. The van der Waals surface area contributed by atoms with Gasteiger partial charge in [-0.2, -0.15) is 5.26 Å². The quantitative estimate of drug-likeness (QED) is 0.672. The van der Waals surface area contributed by atoms with Crippen molar-refractivity contribution in [3.8, 4) is 6.07 Å². The second kappa shape index (κ2) is 3.44. The Morgan fingerprint density at radius 1 is 1.64 bits per heavy atom. The van der Waals surface area contributed by atoms with Gasteiger partial charge >= 0.3 is 0 Å². The summed E-state index contributed by atoms with van der Waals surface area (Å²) in [6, 6.07) is 4.61. The first-order valence-electron chi connectivity index (χ1n) is 2.92. The molecule has 56 valence electrons. The van der Waals surface area contributed by atoms with Crippen molar-refractivity contribution in [3.63, 3.8) is 0 Å². The Labute approximate surface area is 71.8 Å². The average molecular weight is 215 g/mol. The number of pyridine rings is 1. The maximum atomic E-state index is 12.7. The van der Waals surface area contributed by atoms with E-state index < -0.39 is 5.82 Å². The lowest BCUT2D eigenvalue weighted by Crippen LogP contribution is -1.93. The Kier molecular flexibility index (Phi) is 2.55. The fraction of sp³-hybridized carbons (Fsp3) is 0.143. The highest BCUT2D eigenvalue weighted by Crippen LogP contribution is 2.10. The molecule has 1 rings (SSSR count). The molecular formula is C7H4BrFN2. The molecule has 0 radical (unpaired) electrons. The molecular weight excluding hydrogens is 211 g/mol. The van der Waals surface area contributed by atoms with Gasteiger partial charge in [-0.1, -0.05) is 0 Å². The van der Waals surface area contributed by atoms with Crippen LogP contribution < -0.4 is 0 Å². The van der Waals surface area contributed by atoms with E-state index in [1.807, 2.05) is 6.07 Å². The van der Waals surface area contributed by atoms with Crippen molar-refractivity contribution in [3.05, 3.63) is 28.2 Å². The Morgan fingerprint density at radius 2 is 2.36 bits per heavy atom. The third-order valence-electron chi connectivity index (χ3n) is 1.13. The molecule has 1 heterocycles. The van der Waals surface area contributed by atoms with Crippen LogP contribution in [0.25, 0.3) is 0 Å². The van der Waals surface area contributed by atoms with E-state index in [0.29, 0.717) is 4.60 Å². The van der Waals surface area contributed by atoms with E-state index in [0.717, 1.165) is 0 Å². The van der Waals surface area contributed by atoms with Gasteiger partial charge in [-0.05, 0) is 28.1 Å². The molecule has 0 unspecified atom stereocenters. The van der Waals surface area contributed by atoms with Gasteiger partial charge in [-0.25, -0.2) is 9.37 Å². The summed E-state index contributed by atoms with van der Waals surface area (Å²) in [6.07, 6.45) is 0.00523. The van der Waals surface area contributed by atoms with E-state index >= 15 is 0 Å². The summed E-state index contributed by atoms with van der Waals surface area (Å²) >= 11 is 3.08. The largest absolute Gasteiger partial charge is 0.242 e. The SMILES string of the molecule is N#CCc1nc(Br)ccc1F. The normalized spacial score (nSPS) is 9.18. The van der Waals surface area contributed by atoms with Crippen LogP contribution in [-0.4, -0.2) is 4.98 Å². The van der Waals surface area contributed by atoms with Crippen molar-refractivity contribution in [2.45, 2.75) is 6.42 Å². The summed E-state index contributed by atoms with van der Waals surface area (Å²) in [4.78, 5) is 3.78. The Hall–Kier alpha value is -0.950. The van der Waals surface area contributed by atoms with Crippen LogP contribution in [0.1, 0.15) is 5.69 Å². The predicted octanol–water partition coefficient (Wildman–Crippen LogP) is 2.05. The molecule has 0 aliphatic carbocycles. The van der Waals surface area contributed by atoms with Gasteiger partial charge in [0.2, 0.25) is 0 Å². The van der Waals surface area contributed by atoms with Gasteiger partial charge in [0.1, 0.15) is 10.4 Å². The summed E-state index contributed by atoms with van der Waals surface area (Å²) in [5.41, 5.74) is 0.182. The van der Waals surface area contributed by atoms with E-state index in [-0.39, 0.29) is 12.1 Å². The maximum Gasteiger partial charge on any atom is 0.145 e. The Morgan fingerprint density at radius 3 is 3.00 bits per heavy atom. The number of nitrogens with zero attached hydrogens (tertiary/aromatic N) is 2. The molecule has 0 atom stereocenters. The van der Waals surface area contributed by atoms with Crippen molar-refractivity contribution in [2.24, 2.45) is 0 Å². The third kappa shape index (κ3) is 1.99. The van der Waals surface area contributed by atoms with Gasteiger partial charge in [0.25, 0.3) is 0 Å². The van der Waals surface area contributed by atoms with Gasteiger partial charge in [-0.3, -0.25) is 0 Å². The van der Waals surface area contributed by atoms with Crippen molar-refractivity contribution in [1.29, 1.82) is 5.26 Å². The van der Waals surface area contributed by atoms with Gasteiger partial charge in [0, 0.05) is 0 Å². The van der Waals surface area contributed by atoms with Gasteiger partial charge in [0.05, 0.1) is 18.2 Å². The highest BCUT2D eigenvalue weighted by atomic mass is 79.9. The number of halogens is 2. The standard InChI is InChI=1S/C7H4BrFN2/c8-7-2-1-5(9)6(11-7)3-4-10/h1-2H,3H2. The third-order valence-corrected chi connectivity index (χ3v) is 1.57. The molecule has 0 bridgehead atoms. The molecule has 0 saturated heterocycles. The highest BCUT2D eigenvalue weighted by molar-refractivity contribution is 9.10. The summed E-state index contributed by atoms with van der Waals surface area (Å²) in [5.74, 6) is -0.435. The molecule has 0 amide bonds. The van der Waals surface area contributed by atoms with Crippen molar-refractivity contribution in [1.82, 2.24) is 4.98 Å². The fourth-order valence-corrected chi connectivity index (χ4v) is 1.00. The number of hydrogen-bond acceptors (Lipinski definition) is 2. The minimum absolute atomic E-state index is 0.00523. The molecule has 11 heavy (non-hydrogen) atoms. The molecule has 0 aliphatic heterocycles. The van der Waals surface area contributed by atoms with E-state index in [2.05, 4.69) is 20.9 Å². The van der Waals surface area contributed by atoms with Crippen molar-refractivity contribution >= 4 is 15.9 Å². The molecule has 0 N–H and O–H groups in total. The van der Waals surface area contributed by atoms with Gasteiger partial charge in [-0.15, -0.1) is 0 Å². The van der Waals surface area contributed by atoms with Crippen molar-refractivity contribution < 1.29 is 4.39 Å². The second-order valence-corrected chi connectivity index (χ2v) is 2.71. The lowest BCUT2D eigenvalue weighted by atomic mass is 10.3. The first kappa shape index (κ1) is 8.15. The predicted molar refractivity (Wildman–Crippen MR) is 41.2 cm³/mol. The molecule has 0 saturated carbocycles. The minimum atomic E-state index is -0.435. The first-order valence-corrected chi connectivity index (χ1v) is 3.71. The summed E-state index contributed by atoms with van der Waals surface area (Å²) < 4.78 is 13.3. The van der Waals surface area contributed by atoms with Crippen LogP contribution in [0.2, 0.25) is 0 Å². The monoisotopic (exact) mass is 214 g/mol. The van der Waals surface area contributed by atoms with E-state index in [9.17, 15) is 4.39 Å². The van der Waals surface area contributed by atoms with Gasteiger partial charge in [0.15, 0.2) is 0 Å².